The van der Waals surface area contributed by atoms with Gasteiger partial charge in [-0.2, -0.15) is 0 Å². The molecule has 0 radical (unpaired) electrons. The number of hydrogen-bond acceptors (Lipinski definition) is 3. The van der Waals surface area contributed by atoms with E-state index in [1.54, 1.807) is 7.11 Å². The molecule has 0 spiro atoms. The fourth-order valence-electron chi connectivity index (χ4n) is 2.81. The van der Waals surface area contributed by atoms with Crippen LogP contribution in [0.3, 0.4) is 0 Å². The summed E-state index contributed by atoms with van der Waals surface area (Å²) in [6.07, 6.45) is 1.82. The molecular formula is C18H21N3O2. The Hall–Kier alpha value is -2.69. The van der Waals surface area contributed by atoms with Crippen LogP contribution in [0.5, 0.6) is 5.75 Å². The van der Waals surface area contributed by atoms with Gasteiger partial charge in [0.2, 0.25) is 0 Å². The first-order valence-electron chi connectivity index (χ1n) is 7.82. The van der Waals surface area contributed by atoms with Gasteiger partial charge in [0.25, 0.3) is 0 Å². The van der Waals surface area contributed by atoms with Gasteiger partial charge in [-0.3, -0.25) is 0 Å². The molecule has 0 aromatic heterocycles. The van der Waals surface area contributed by atoms with E-state index in [0.717, 1.165) is 41.9 Å². The predicted molar refractivity (Wildman–Crippen MR) is 93.6 cm³/mol. The number of aryl methyl sites for hydroxylation is 1. The first-order valence-corrected chi connectivity index (χ1v) is 7.82. The summed E-state index contributed by atoms with van der Waals surface area (Å²) in [4.78, 5) is 12.4. The zero-order chi connectivity index (χ0) is 16.2. The Balaban J connectivity index is 1.77. The van der Waals surface area contributed by atoms with Gasteiger partial charge in [-0.1, -0.05) is 19.1 Å². The van der Waals surface area contributed by atoms with Crippen LogP contribution >= 0.6 is 0 Å². The molecule has 120 valence electrons. The SMILES string of the molecule is CCc1ccc(OC)c(NC(=O)Nc2cccc3c2CCN3)c1. The van der Waals surface area contributed by atoms with Gasteiger partial charge in [0, 0.05) is 23.5 Å². The van der Waals surface area contributed by atoms with Crippen molar-refractivity contribution in [2.24, 2.45) is 0 Å². The van der Waals surface area contributed by atoms with E-state index < -0.39 is 0 Å². The van der Waals surface area contributed by atoms with Crippen molar-refractivity contribution in [1.82, 2.24) is 0 Å². The fourth-order valence-corrected chi connectivity index (χ4v) is 2.81. The molecule has 5 nitrogen and oxygen atoms in total. The van der Waals surface area contributed by atoms with Gasteiger partial charge in [0.15, 0.2) is 0 Å². The summed E-state index contributed by atoms with van der Waals surface area (Å²) in [5.41, 5.74) is 4.90. The Kier molecular flexibility index (Phi) is 4.37. The molecule has 2 aromatic carbocycles. The van der Waals surface area contributed by atoms with E-state index in [1.807, 2.05) is 36.4 Å². The number of ether oxygens (including phenoxy) is 1. The van der Waals surface area contributed by atoms with Crippen molar-refractivity contribution < 1.29 is 9.53 Å². The lowest BCUT2D eigenvalue weighted by Gasteiger charge is -2.14. The van der Waals surface area contributed by atoms with E-state index in [-0.39, 0.29) is 6.03 Å². The minimum atomic E-state index is -0.267. The Labute approximate surface area is 136 Å². The topological polar surface area (TPSA) is 62.4 Å². The van der Waals surface area contributed by atoms with Gasteiger partial charge in [-0.05, 0) is 42.7 Å². The van der Waals surface area contributed by atoms with Gasteiger partial charge < -0.3 is 20.7 Å². The molecule has 0 fully saturated rings. The van der Waals surface area contributed by atoms with E-state index in [2.05, 4.69) is 22.9 Å². The molecule has 0 saturated carbocycles. The number of carbonyl (C=O) groups excluding carboxylic acids is 1. The highest BCUT2D eigenvalue weighted by Crippen LogP contribution is 2.30. The zero-order valence-electron chi connectivity index (χ0n) is 13.4. The maximum absolute atomic E-state index is 12.4. The zero-order valence-corrected chi connectivity index (χ0v) is 13.4. The van der Waals surface area contributed by atoms with Gasteiger partial charge in [0.1, 0.15) is 5.75 Å². The number of methoxy groups -OCH3 is 1. The van der Waals surface area contributed by atoms with Crippen LogP contribution in [0.15, 0.2) is 36.4 Å². The van der Waals surface area contributed by atoms with Crippen LogP contribution in [0.2, 0.25) is 0 Å². The second-order valence-corrected chi connectivity index (χ2v) is 5.48. The van der Waals surface area contributed by atoms with Gasteiger partial charge in [-0.15, -0.1) is 0 Å². The average molecular weight is 311 g/mol. The molecule has 3 rings (SSSR count). The second kappa shape index (κ2) is 6.60. The maximum atomic E-state index is 12.4. The Bertz CT molecular complexity index is 728. The smallest absolute Gasteiger partial charge is 0.323 e. The molecular weight excluding hydrogens is 290 g/mol. The van der Waals surface area contributed by atoms with Crippen molar-refractivity contribution in [2.45, 2.75) is 19.8 Å². The molecule has 1 heterocycles. The van der Waals surface area contributed by atoms with Crippen LogP contribution in [0, 0.1) is 0 Å². The van der Waals surface area contributed by atoms with Gasteiger partial charge in [0.05, 0.1) is 12.8 Å². The van der Waals surface area contributed by atoms with Crippen LogP contribution in [-0.2, 0) is 12.8 Å². The van der Waals surface area contributed by atoms with Crippen LogP contribution in [0.25, 0.3) is 0 Å². The minimum Gasteiger partial charge on any atom is -0.495 e. The average Bonchev–Trinajstić information content (AvgIpc) is 3.04. The standard InChI is InChI=1S/C18H21N3O2/c1-3-12-7-8-17(23-2)16(11-12)21-18(22)20-15-6-4-5-14-13(15)9-10-19-14/h4-8,11,19H,3,9-10H2,1-2H3,(H2,20,21,22). The largest absolute Gasteiger partial charge is 0.495 e. The van der Waals surface area contributed by atoms with Crippen LogP contribution in [0.4, 0.5) is 21.9 Å². The molecule has 1 aliphatic rings. The molecule has 23 heavy (non-hydrogen) atoms. The lowest BCUT2D eigenvalue weighted by Crippen LogP contribution is -2.20. The highest BCUT2D eigenvalue weighted by atomic mass is 16.5. The van der Waals surface area contributed by atoms with Crippen molar-refractivity contribution in [1.29, 1.82) is 0 Å². The molecule has 2 aromatic rings. The van der Waals surface area contributed by atoms with Crippen molar-refractivity contribution in [3.63, 3.8) is 0 Å². The highest BCUT2D eigenvalue weighted by molar-refractivity contribution is 6.01. The third-order valence-corrected chi connectivity index (χ3v) is 4.04. The van der Waals surface area contributed by atoms with Crippen LogP contribution in [-0.4, -0.2) is 19.7 Å². The minimum absolute atomic E-state index is 0.267. The molecule has 0 bridgehead atoms. The van der Waals surface area contributed by atoms with E-state index in [4.69, 9.17) is 4.74 Å². The summed E-state index contributed by atoms with van der Waals surface area (Å²) in [6, 6.07) is 11.4. The highest BCUT2D eigenvalue weighted by Gasteiger charge is 2.16. The Morgan fingerprint density at radius 3 is 2.83 bits per heavy atom. The molecule has 0 aliphatic carbocycles. The van der Waals surface area contributed by atoms with Crippen molar-refractivity contribution in [3.8, 4) is 5.75 Å². The number of amides is 2. The van der Waals surface area contributed by atoms with Crippen LogP contribution < -0.4 is 20.7 Å². The molecule has 2 amide bonds. The number of benzene rings is 2. The van der Waals surface area contributed by atoms with E-state index >= 15 is 0 Å². The quantitative estimate of drug-likeness (QED) is 0.803. The number of nitrogens with one attached hydrogen (secondary N) is 3. The lowest BCUT2D eigenvalue weighted by molar-refractivity contribution is 0.262. The summed E-state index contributed by atoms with van der Waals surface area (Å²) >= 11 is 0. The van der Waals surface area contributed by atoms with Crippen molar-refractivity contribution in [3.05, 3.63) is 47.5 Å². The normalized spacial score (nSPS) is 12.3. The number of urea groups is 1. The summed E-state index contributed by atoms with van der Waals surface area (Å²) in [5, 5.41) is 9.12. The monoisotopic (exact) mass is 311 g/mol. The lowest BCUT2D eigenvalue weighted by atomic mass is 10.1. The molecule has 1 aliphatic heterocycles. The van der Waals surface area contributed by atoms with E-state index in [9.17, 15) is 4.79 Å². The summed E-state index contributed by atoms with van der Waals surface area (Å²) in [7, 11) is 1.60. The summed E-state index contributed by atoms with van der Waals surface area (Å²) in [5.74, 6) is 0.650. The third-order valence-electron chi connectivity index (χ3n) is 4.04. The predicted octanol–water partition coefficient (Wildman–Crippen LogP) is 3.87. The van der Waals surface area contributed by atoms with Crippen molar-refractivity contribution >= 4 is 23.1 Å². The fraction of sp³-hybridized carbons (Fsp3) is 0.278. The Morgan fingerprint density at radius 1 is 1.22 bits per heavy atom. The number of rotatable bonds is 4. The second-order valence-electron chi connectivity index (χ2n) is 5.48. The van der Waals surface area contributed by atoms with E-state index in [0.29, 0.717) is 11.4 Å². The number of carbonyl (C=O) groups is 1. The molecule has 0 unspecified atom stereocenters. The maximum Gasteiger partial charge on any atom is 0.323 e. The summed E-state index contributed by atoms with van der Waals surface area (Å²) < 4.78 is 5.32. The number of anilines is 3. The Morgan fingerprint density at radius 2 is 2.04 bits per heavy atom. The molecule has 0 atom stereocenters. The van der Waals surface area contributed by atoms with E-state index in [1.165, 1.54) is 0 Å². The van der Waals surface area contributed by atoms with Gasteiger partial charge in [-0.25, -0.2) is 4.79 Å². The first kappa shape index (κ1) is 15.2. The number of hydrogen-bond donors (Lipinski definition) is 3. The molecule has 3 N–H and O–H groups in total. The molecule has 0 saturated heterocycles. The van der Waals surface area contributed by atoms with Crippen molar-refractivity contribution in [2.75, 3.05) is 29.6 Å². The first-order chi connectivity index (χ1) is 11.2. The third kappa shape index (κ3) is 3.23. The number of fused-ring (bicyclic) bond motifs is 1. The molecule has 5 heteroatoms. The summed E-state index contributed by atoms with van der Waals surface area (Å²) in [6.45, 7) is 2.98. The van der Waals surface area contributed by atoms with Crippen LogP contribution in [0.1, 0.15) is 18.1 Å². The van der Waals surface area contributed by atoms with Gasteiger partial charge >= 0.3 is 6.03 Å².